The maximum atomic E-state index is 13.2. The van der Waals surface area contributed by atoms with Gasteiger partial charge in [-0.1, -0.05) is 0 Å². The standard InChI is InChI=1S/C18H24I3N3O8/c1-24(3-9(28)6-27)18(31)12-13(19)11(17(30)22-8(4-25)5-26)14(20)16(15(12)21)23-10(29)7-32-2/h8-9,25-28H,3-7H2,1-2H3,(H,22,30)(H,23,29). The molecule has 0 spiro atoms. The van der Waals surface area contributed by atoms with E-state index in [2.05, 4.69) is 10.6 Å². The first-order valence-corrected chi connectivity index (χ1v) is 12.3. The summed E-state index contributed by atoms with van der Waals surface area (Å²) in [4.78, 5) is 39.6. The van der Waals surface area contributed by atoms with Crippen LogP contribution >= 0.6 is 67.8 Å². The third-order valence-electron chi connectivity index (χ3n) is 4.12. The third-order valence-corrected chi connectivity index (χ3v) is 7.35. The van der Waals surface area contributed by atoms with Gasteiger partial charge in [0, 0.05) is 24.3 Å². The summed E-state index contributed by atoms with van der Waals surface area (Å²) in [6.07, 6.45) is -1.15. The van der Waals surface area contributed by atoms with Crippen molar-refractivity contribution in [2.24, 2.45) is 0 Å². The van der Waals surface area contributed by atoms with Gasteiger partial charge in [-0.2, -0.15) is 0 Å². The quantitative estimate of drug-likeness (QED) is 0.165. The number of ether oxygens (including phenoxy) is 1. The third kappa shape index (κ3) is 7.57. The average molecular weight is 791 g/mol. The number of hydrogen-bond acceptors (Lipinski definition) is 8. The predicted octanol–water partition coefficient (Wildman–Crippen LogP) is -0.407. The van der Waals surface area contributed by atoms with Gasteiger partial charge in [0.25, 0.3) is 11.8 Å². The summed E-state index contributed by atoms with van der Waals surface area (Å²) in [5.41, 5.74) is 0.412. The highest BCUT2D eigenvalue weighted by Gasteiger charge is 2.31. The number of nitrogens with one attached hydrogen (secondary N) is 2. The van der Waals surface area contributed by atoms with Gasteiger partial charge in [-0.15, -0.1) is 0 Å². The zero-order chi connectivity index (χ0) is 24.6. The topological polar surface area (TPSA) is 169 Å². The number of carbonyl (C=O) groups excluding carboxylic acids is 3. The highest BCUT2D eigenvalue weighted by molar-refractivity contribution is 14.1. The molecule has 1 unspecified atom stereocenters. The summed E-state index contributed by atoms with van der Waals surface area (Å²) >= 11 is 5.61. The summed E-state index contributed by atoms with van der Waals surface area (Å²) in [6.45, 7) is -1.93. The van der Waals surface area contributed by atoms with Crippen LogP contribution in [0.15, 0.2) is 0 Å². The number of nitrogens with zero attached hydrogens (tertiary/aromatic N) is 1. The zero-order valence-electron chi connectivity index (χ0n) is 17.2. The molecule has 3 amide bonds. The summed E-state index contributed by atoms with van der Waals surface area (Å²) in [5.74, 6) is -1.69. The lowest BCUT2D eigenvalue weighted by atomic mass is 10.1. The maximum absolute atomic E-state index is 13.2. The predicted molar refractivity (Wildman–Crippen MR) is 141 cm³/mol. The van der Waals surface area contributed by atoms with Gasteiger partial charge in [0.05, 0.1) is 55.9 Å². The number of aliphatic hydroxyl groups is 4. The number of hydrogen-bond donors (Lipinski definition) is 6. The molecule has 0 heterocycles. The van der Waals surface area contributed by atoms with Gasteiger partial charge in [-0.3, -0.25) is 14.4 Å². The monoisotopic (exact) mass is 791 g/mol. The molecule has 0 aliphatic carbocycles. The van der Waals surface area contributed by atoms with Crippen LogP contribution in [-0.2, 0) is 9.53 Å². The molecule has 180 valence electrons. The molecule has 14 heteroatoms. The molecule has 0 radical (unpaired) electrons. The Hall–Kier alpha value is -0.380. The Balaban J connectivity index is 3.64. The van der Waals surface area contributed by atoms with Crippen LogP contribution in [0.1, 0.15) is 20.7 Å². The van der Waals surface area contributed by atoms with Gasteiger partial charge in [0.15, 0.2) is 0 Å². The van der Waals surface area contributed by atoms with Crippen molar-refractivity contribution in [3.63, 3.8) is 0 Å². The van der Waals surface area contributed by atoms with Crippen LogP contribution < -0.4 is 10.6 Å². The van der Waals surface area contributed by atoms with E-state index in [0.29, 0.717) is 7.14 Å². The van der Waals surface area contributed by atoms with E-state index in [-0.39, 0.29) is 33.5 Å². The molecule has 11 nitrogen and oxygen atoms in total. The molecule has 0 fully saturated rings. The van der Waals surface area contributed by atoms with Crippen LogP contribution in [0.3, 0.4) is 0 Å². The van der Waals surface area contributed by atoms with Crippen molar-refractivity contribution in [3.05, 3.63) is 21.8 Å². The Kier molecular flexibility index (Phi) is 13.1. The van der Waals surface area contributed by atoms with E-state index in [0.717, 1.165) is 0 Å². The normalized spacial score (nSPS) is 11.9. The number of rotatable bonds is 11. The Morgan fingerprint density at radius 3 is 2.06 bits per heavy atom. The lowest BCUT2D eigenvalue weighted by Crippen LogP contribution is -2.41. The number of likely N-dealkylation sites (N-methyl/N-ethyl adjacent to an activating group) is 1. The lowest BCUT2D eigenvalue weighted by molar-refractivity contribution is -0.119. The van der Waals surface area contributed by atoms with Crippen LogP contribution in [0.5, 0.6) is 0 Å². The second-order valence-electron chi connectivity index (χ2n) is 6.61. The first kappa shape index (κ1) is 29.7. The van der Waals surface area contributed by atoms with Crippen LogP contribution in [-0.4, -0.2) is 102 Å². The second kappa shape index (κ2) is 14.1. The Morgan fingerprint density at radius 2 is 1.56 bits per heavy atom. The number of anilines is 1. The highest BCUT2D eigenvalue weighted by Crippen LogP contribution is 2.36. The first-order chi connectivity index (χ1) is 15.0. The molecule has 0 aliphatic rings. The fourth-order valence-corrected chi connectivity index (χ4v) is 6.91. The van der Waals surface area contributed by atoms with Crippen molar-refractivity contribution in [3.8, 4) is 0 Å². The van der Waals surface area contributed by atoms with E-state index in [1.807, 2.05) is 67.8 Å². The molecule has 0 saturated heterocycles. The highest BCUT2D eigenvalue weighted by atomic mass is 127. The van der Waals surface area contributed by atoms with Crippen molar-refractivity contribution in [1.29, 1.82) is 0 Å². The molecule has 0 bridgehead atoms. The fourth-order valence-electron chi connectivity index (χ4n) is 2.52. The molecule has 1 rings (SSSR count). The largest absolute Gasteiger partial charge is 0.394 e. The van der Waals surface area contributed by atoms with Gasteiger partial charge in [0.1, 0.15) is 6.61 Å². The number of carbonyl (C=O) groups is 3. The number of amides is 3. The SMILES string of the molecule is COCC(=O)Nc1c(I)c(C(=O)NC(CO)CO)c(I)c(C(=O)N(C)CC(O)CO)c1I. The lowest BCUT2D eigenvalue weighted by Gasteiger charge is -2.24. The summed E-state index contributed by atoms with van der Waals surface area (Å²) < 4.78 is 5.83. The van der Waals surface area contributed by atoms with E-state index < -0.39 is 49.7 Å². The second-order valence-corrected chi connectivity index (χ2v) is 9.84. The minimum atomic E-state index is -1.15. The number of benzene rings is 1. The van der Waals surface area contributed by atoms with Crippen LogP contribution in [0, 0.1) is 10.7 Å². The molecular formula is C18H24I3N3O8. The number of aliphatic hydroxyl groups excluding tert-OH is 4. The average Bonchev–Trinajstić information content (AvgIpc) is 2.74. The van der Waals surface area contributed by atoms with Gasteiger partial charge >= 0.3 is 0 Å². The van der Waals surface area contributed by atoms with Crippen LogP contribution in [0.25, 0.3) is 0 Å². The van der Waals surface area contributed by atoms with E-state index in [9.17, 15) is 29.7 Å². The summed E-state index contributed by atoms with van der Waals surface area (Å²) in [5, 5.41) is 42.5. The Morgan fingerprint density at radius 1 is 1.00 bits per heavy atom. The van der Waals surface area contributed by atoms with Gasteiger partial charge < -0.3 is 40.7 Å². The minimum absolute atomic E-state index is 0.0747. The molecule has 0 saturated carbocycles. The summed E-state index contributed by atoms with van der Waals surface area (Å²) in [7, 11) is 2.78. The molecule has 0 aromatic heterocycles. The maximum Gasteiger partial charge on any atom is 0.255 e. The van der Waals surface area contributed by atoms with E-state index in [1.54, 1.807) is 0 Å². The smallest absolute Gasteiger partial charge is 0.255 e. The number of halogens is 3. The van der Waals surface area contributed by atoms with Crippen molar-refractivity contribution in [1.82, 2.24) is 10.2 Å². The molecule has 1 aromatic carbocycles. The molecular weight excluding hydrogens is 767 g/mol. The van der Waals surface area contributed by atoms with Crippen molar-refractivity contribution in [2.75, 3.05) is 52.4 Å². The zero-order valence-corrected chi connectivity index (χ0v) is 23.7. The Labute approximate surface area is 225 Å². The molecule has 1 aromatic rings. The van der Waals surface area contributed by atoms with Crippen LogP contribution in [0.2, 0.25) is 0 Å². The minimum Gasteiger partial charge on any atom is -0.394 e. The Bertz CT molecular complexity index is 851. The van der Waals surface area contributed by atoms with Crippen molar-refractivity contribution < 1.29 is 39.5 Å². The van der Waals surface area contributed by atoms with Gasteiger partial charge in [-0.25, -0.2) is 0 Å². The van der Waals surface area contributed by atoms with E-state index in [1.165, 1.54) is 19.1 Å². The molecule has 1 atom stereocenters. The first-order valence-electron chi connectivity index (χ1n) is 9.10. The van der Waals surface area contributed by atoms with Crippen LogP contribution in [0.4, 0.5) is 5.69 Å². The van der Waals surface area contributed by atoms with Crippen molar-refractivity contribution in [2.45, 2.75) is 12.1 Å². The fraction of sp³-hybridized carbons (Fsp3) is 0.500. The van der Waals surface area contributed by atoms with E-state index >= 15 is 0 Å². The van der Waals surface area contributed by atoms with Crippen molar-refractivity contribution >= 4 is 91.2 Å². The molecule has 0 aliphatic heterocycles. The van der Waals surface area contributed by atoms with Gasteiger partial charge in [0.2, 0.25) is 5.91 Å². The molecule has 32 heavy (non-hydrogen) atoms. The van der Waals surface area contributed by atoms with Gasteiger partial charge in [-0.05, 0) is 67.8 Å². The molecule has 6 N–H and O–H groups in total. The van der Waals surface area contributed by atoms with E-state index in [4.69, 9.17) is 9.84 Å². The number of methoxy groups -OCH3 is 1. The summed E-state index contributed by atoms with van der Waals surface area (Å²) in [6, 6.07) is -0.915.